The van der Waals surface area contributed by atoms with Gasteiger partial charge < -0.3 is 5.32 Å². The van der Waals surface area contributed by atoms with Gasteiger partial charge in [-0.2, -0.15) is 0 Å². The number of thiophene rings is 1. The lowest BCUT2D eigenvalue weighted by Crippen LogP contribution is -2.19. The first-order chi connectivity index (χ1) is 7.67. The fourth-order valence-corrected chi connectivity index (χ4v) is 2.62. The molecule has 0 fully saturated rings. The van der Waals surface area contributed by atoms with E-state index in [9.17, 15) is 0 Å². The zero-order valence-electron chi connectivity index (χ0n) is 10.8. The second-order valence-electron chi connectivity index (χ2n) is 4.33. The zero-order valence-corrected chi connectivity index (χ0v) is 11.7. The zero-order chi connectivity index (χ0) is 12.0. The molecule has 0 aliphatic carbocycles. The average Bonchev–Trinajstić information content (AvgIpc) is 2.72. The van der Waals surface area contributed by atoms with Crippen LogP contribution in [0.5, 0.6) is 0 Å². The van der Waals surface area contributed by atoms with E-state index >= 15 is 0 Å². The highest BCUT2D eigenvalue weighted by molar-refractivity contribution is 7.12. The maximum atomic E-state index is 3.59. The molecule has 1 N–H and O–H groups in total. The Kier molecular flexibility index (Phi) is 5.78. The predicted octanol–water partition coefficient (Wildman–Crippen LogP) is 4.32. The van der Waals surface area contributed by atoms with Gasteiger partial charge in [-0.15, -0.1) is 11.3 Å². The molecular weight excluding hydrogens is 214 g/mol. The topological polar surface area (TPSA) is 12.0 Å². The first-order valence-corrected chi connectivity index (χ1v) is 6.96. The normalized spacial score (nSPS) is 12.5. The highest BCUT2D eigenvalue weighted by Crippen LogP contribution is 2.25. The summed E-state index contributed by atoms with van der Waals surface area (Å²) in [4.78, 5) is 2.91. The number of hydrogen-bond acceptors (Lipinski definition) is 2. The van der Waals surface area contributed by atoms with E-state index in [0.29, 0.717) is 6.04 Å². The van der Waals surface area contributed by atoms with E-state index in [1.807, 2.05) is 11.3 Å². The monoisotopic (exact) mass is 237 g/mol. The van der Waals surface area contributed by atoms with Crippen molar-refractivity contribution in [2.45, 2.75) is 46.6 Å². The number of nitrogens with one attached hydrogen (secondary N) is 1. The van der Waals surface area contributed by atoms with Gasteiger partial charge in [-0.3, -0.25) is 0 Å². The van der Waals surface area contributed by atoms with Gasteiger partial charge in [-0.1, -0.05) is 25.5 Å². The summed E-state index contributed by atoms with van der Waals surface area (Å²) in [5, 5.41) is 3.59. The quantitative estimate of drug-likeness (QED) is 0.727. The van der Waals surface area contributed by atoms with Crippen LogP contribution < -0.4 is 5.32 Å². The van der Waals surface area contributed by atoms with Crippen molar-refractivity contribution >= 4 is 11.3 Å². The smallest absolute Gasteiger partial charge is 0.0603 e. The number of hydrogen-bond donors (Lipinski definition) is 1. The van der Waals surface area contributed by atoms with Gasteiger partial charge in [-0.05, 0) is 45.4 Å². The van der Waals surface area contributed by atoms with Crippen molar-refractivity contribution in [3.63, 3.8) is 0 Å². The standard InChI is InChI=1S/C14H23NS/c1-5-9-15-13(10-11(3)4)14-8-7-12(6-2)16-14/h7-8,10,13,15H,5-6,9H2,1-4H3. The van der Waals surface area contributed by atoms with Crippen LogP contribution in [0.15, 0.2) is 23.8 Å². The fourth-order valence-electron chi connectivity index (χ4n) is 1.63. The first-order valence-electron chi connectivity index (χ1n) is 6.14. The Labute approximate surface area is 104 Å². The van der Waals surface area contributed by atoms with Crippen LogP contribution in [-0.4, -0.2) is 6.54 Å². The second kappa shape index (κ2) is 6.87. The molecule has 0 aliphatic rings. The molecule has 1 aromatic heterocycles. The van der Waals surface area contributed by atoms with Crippen LogP contribution in [0.1, 0.15) is 49.9 Å². The molecular formula is C14H23NS. The second-order valence-corrected chi connectivity index (χ2v) is 5.53. The molecule has 0 amide bonds. The van der Waals surface area contributed by atoms with Gasteiger partial charge in [0.05, 0.1) is 6.04 Å². The van der Waals surface area contributed by atoms with Crippen LogP contribution in [0.3, 0.4) is 0 Å². The van der Waals surface area contributed by atoms with Crippen molar-refractivity contribution in [1.29, 1.82) is 0 Å². The Hall–Kier alpha value is -0.600. The first kappa shape index (κ1) is 13.5. The minimum absolute atomic E-state index is 0.398. The maximum Gasteiger partial charge on any atom is 0.0603 e. The van der Waals surface area contributed by atoms with Crippen LogP contribution >= 0.6 is 11.3 Å². The third kappa shape index (κ3) is 4.11. The van der Waals surface area contributed by atoms with Gasteiger partial charge >= 0.3 is 0 Å². The molecule has 1 nitrogen and oxygen atoms in total. The lowest BCUT2D eigenvalue weighted by Gasteiger charge is -2.13. The van der Waals surface area contributed by atoms with E-state index in [4.69, 9.17) is 0 Å². The van der Waals surface area contributed by atoms with Crippen molar-refractivity contribution < 1.29 is 0 Å². The molecule has 1 rings (SSSR count). The Balaban J connectivity index is 2.78. The molecule has 1 unspecified atom stereocenters. The Morgan fingerprint density at radius 1 is 1.38 bits per heavy atom. The average molecular weight is 237 g/mol. The summed E-state index contributed by atoms with van der Waals surface area (Å²) in [6, 6.07) is 4.91. The molecule has 1 heterocycles. The molecule has 2 heteroatoms. The minimum Gasteiger partial charge on any atom is -0.306 e. The Morgan fingerprint density at radius 2 is 2.12 bits per heavy atom. The van der Waals surface area contributed by atoms with E-state index in [0.717, 1.165) is 13.0 Å². The van der Waals surface area contributed by atoms with Gasteiger partial charge in [0, 0.05) is 9.75 Å². The van der Waals surface area contributed by atoms with Gasteiger partial charge in [0.1, 0.15) is 0 Å². The number of allylic oxidation sites excluding steroid dienone is 1. The Bertz CT molecular complexity index is 334. The summed E-state index contributed by atoms with van der Waals surface area (Å²) >= 11 is 1.93. The summed E-state index contributed by atoms with van der Waals surface area (Å²) in [7, 11) is 0. The summed E-state index contributed by atoms with van der Waals surface area (Å²) in [6.45, 7) is 9.82. The van der Waals surface area contributed by atoms with Gasteiger partial charge in [0.15, 0.2) is 0 Å². The van der Waals surface area contributed by atoms with Crippen molar-refractivity contribution in [2.75, 3.05) is 6.54 Å². The van der Waals surface area contributed by atoms with Gasteiger partial charge in [0.2, 0.25) is 0 Å². The van der Waals surface area contributed by atoms with Crippen LogP contribution in [-0.2, 0) is 6.42 Å². The molecule has 1 atom stereocenters. The molecule has 0 aromatic carbocycles. The summed E-state index contributed by atoms with van der Waals surface area (Å²) in [6.07, 6.45) is 4.64. The maximum absolute atomic E-state index is 3.59. The van der Waals surface area contributed by atoms with Crippen molar-refractivity contribution in [3.8, 4) is 0 Å². The lowest BCUT2D eigenvalue weighted by molar-refractivity contribution is 0.617. The van der Waals surface area contributed by atoms with Crippen molar-refractivity contribution in [3.05, 3.63) is 33.5 Å². The molecule has 90 valence electrons. The van der Waals surface area contributed by atoms with E-state index < -0.39 is 0 Å². The molecule has 0 saturated heterocycles. The van der Waals surface area contributed by atoms with Crippen molar-refractivity contribution in [1.82, 2.24) is 5.32 Å². The van der Waals surface area contributed by atoms with E-state index in [1.54, 1.807) is 0 Å². The summed E-state index contributed by atoms with van der Waals surface area (Å²) < 4.78 is 0. The predicted molar refractivity (Wildman–Crippen MR) is 74.2 cm³/mol. The van der Waals surface area contributed by atoms with Crippen LogP contribution in [0.4, 0.5) is 0 Å². The third-order valence-corrected chi connectivity index (χ3v) is 3.76. The molecule has 0 aliphatic heterocycles. The SMILES string of the molecule is CCCNC(C=C(C)C)c1ccc(CC)s1. The van der Waals surface area contributed by atoms with E-state index in [2.05, 4.69) is 51.2 Å². The molecule has 0 radical (unpaired) electrons. The third-order valence-electron chi connectivity index (χ3n) is 2.45. The van der Waals surface area contributed by atoms with Crippen molar-refractivity contribution in [2.24, 2.45) is 0 Å². The molecule has 0 saturated carbocycles. The highest BCUT2D eigenvalue weighted by atomic mass is 32.1. The van der Waals surface area contributed by atoms with Gasteiger partial charge in [0.25, 0.3) is 0 Å². The van der Waals surface area contributed by atoms with Crippen LogP contribution in [0.2, 0.25) is 0 Å². The molecule has 16 heavy (non-hydrogen) atoms. The largest absolute Gasteiger partial charge is 0.306 e. The van der Waals surface area contributed by atoms with Gasteiger partial charge in [-0.25, -0.2) is 0 Å². The number of rotatable bonds is 6. The summed E-state index contributed by atoms with van der Waals surface area (Å²) in [5.74, 6) is 0. The minimum atomic E-state index is 0.398. The highest BCUT2D eigenvalue weighted by Gasteiger charge is 2.09. The van der Waals surface area contributed by atoms with E-state index in [1.165, 1.54) is 21.7 Å². The number of aryl methyl sites for hydroxylation is 1. The molecule has 1 aromatic rings. The summed E-state index contributed by atoms with van der Waals surface area (Å²) in [5.41, 5.74) is 1.38. The molecule has 0 bridgehead atoms. The Morgan fingerprint density at radius 3 is 2.62 bits per heavy atom. The molecule has 0 spiro atoms. The van der Waals surface area contributed by atoms with Crippen LogP contribution in [0, 0.1) is 0 Å². The lowest BCUT2D eigenvalue weighted by atomic mass is 10.1. The fraction of sp³-hybridized carbons (Fsp3) is 0.571. The van der Waals surface area contributed by atoms with Crippen LogP contribution in [0.25, 0.3) is 0 Å². The van der Waals surface area contributed by atoms with E-state index in [-0.39, 0.29) is 0 Å².